The van der Waals surface area contributed by atoms with Crippen molar-refractivity contribution < 1.29 is 8.42 Å². The summed E-state index contributed by atoms with van der Waals surface area (Å²) in [5.41, 5.74) is 4.33. The summed E-state index contributed by atoms with van der Waals surface area (Å²) in [5, 5.41) is 0. The summed E-state index contributed by atoms with van der Waals surface area (Å²) in [5.74, 6) is 0.447. The Labute approximate surface area is 157 Å². The minimum Gasteiger partial charge on any atom is -0.369 e. The van der Waals surface area contributed by atoms with E-state index < -0.39 is 10.0 Å². The van der Waals surface area contributed by atoms with Gasteiger partial charge in [0.1, 0.15) is 0 Å². The highest BCUT2D eigenvalue weighted by Crippen LogP contribution is 2.29. The molecule has 0 N–H and O–H groups in total. The number of hydrogen-bond donors (Lipinski definition) is 0. The molecule has 0 saturated carbocycles. The van der Waals surface area contributed by atoms with Gasteiger partial charge >= 0.3 is 0 Å². The average Bonchev–Trinajstić information content (AvgIpc) is 2.63. The number of rotatable bonds is 4. The van der Waals surface area contributed by atoms with Crippen molar-refractivity contribution in [3.8, 4) is 0 Å². The molecular weight excluding hydrogens is 344 g/mol. The van der Waals surface area contributed by atoms with E-state index in [1.807, 2.05) is 26.0 Å². The highest BCUT2D eigenvalue weighted by atomic mass is 32.2. The SMILES string of the molecule is Cc1ccc(C)c(S(=O)(=O)N2CCN(c3ccccc3C(C)C)CC2)c1. The Kier molecular flexibility index (Phi) is 5.39. The van der Waals surface area contributed by atoms with Crippen molar-refractivity contribution in [3.63, 3.8) is 0 Å². The molecule has 0 spiro atoms. The molecule has 140 valence electrons. The Balaban J connectivity index is 1.79. The quantitative estimate of drug-likeness (QED) is 0.816. The standard InChI is InChI=1S/C21H28N2O2S/c1-16(2)19-7-5-6-8-20(19)22-11-13-23(14-12-22)26(24,25)21-15-17(3)9-10-18(21)4/h5-10,15-16H,11-14H2,1-4H3. The van der Waals surface area contributed by atoms with Crippen LogP contribution < -0.4 is 4.90 Å². The van der Waals surface area contributed by atoms with Crippen LogP contribution >= 0.6 is 0 Å². The minimum absolute atomic E-state index is 0.438. The summed E-state index contributed by atoms with van der Waals surface area (Å²) in [7, 11) is -3.44. The molecule has 4 nitrogen and oxygen atoms in total. The first-order valence-electron chi connectivity index (χ1n) is 9.22. The van der Waals surface area contributed by atoms with E-state index in [0.717, 1.165) is 11.1 Å². The average molecular weight is 373 g/mol. The predicted octanol–water partition coefficient (Wildman–Crippen LogP) is 3.94. The van der Waals surface area contributed by atoms with Crippen LogP contribution in [0.1, 0.15) is 36.5 Å². The zero-order chi connectivity index (χ0) is 18.9. The van der Waals surface area contributed by atoms with Gasteiger partial charge in [-0.2, -0.15) is 4.31 Å². The van der Waals surface area contributed by atoms with E-state index in [4.69, 9.17) is 0 Å². The molecule has 1 heterocycles. The van der Waals surface area contributed by atoms with Gasteiger partial charge < -0.3 is 4.90 Å². The molecule has 0 radical (unpaired) electrons. The maximum Gasteiger partial charge on any atom is 0.243 e. The summed E-state index contributed by atoms with van der Waals surface area (Å²) >= 11 is 0. The van der Waals surface area contributed by atoms with Gasteiger partial charge in [0, 0.05) is 31.9 Å². The van der Waals surface area contributed by atoms with Crippen molar-refractivity contribution in [2.24, 2.45) is 0 Å². The van der Waals surface area contributed by atoms with Crippen LogP contribution in [0.4, 0.5) is 5.69 Å². The number of aryl methyl sites for hydroxylation is 2. The first-order valence-corrected chi connectivity index (χ1v) is 10.7. The van der Waals surface area contributed by atoms with Gasteiger partial charge in [-0.3, -0.25) is 0 Å². The van der Waals surface area contributed by atoms with Crippen molar-refractivity contribution in [1.82, 2.24) is 4.31 Å². The van der Waals surface area contributed by atoms with Gasteiger partial charge in [-0.15, -0.1) is 0 Å². The lowest BCUT2D eigenvalue weighted by atomic mass is 10.00. The molecule has 1 aliphatic heterocycles. The smallest absolute Gasteiger partial charge is 0.243 e. The summed E-state index contributed by atoms with van der Waals surface area (Å²) in [4.78, 5) is 2.75. The Bertz CT molecular complexity index is 883. The zero-order valence-electron chi connectivity index (χ0n) is 16.1. The van der Waals surface area contributed by atoms with Crippen LogP contribution in [0.25, 0.3) is 0 Å². The van der Waals surface area contributed by atoms with Crippen molar-refractivity contribution >= 4 is 15.7 Å². The second kappa shape index (κ2) is 7.41. The molecule has 0 aliphatic carbocycles. The Hall–Kier alpha value is -1.85. The van der Waals surface area contributed by atoms with Gasteiger partial charge in [0.25, 0.3) is 0 Å². The van der Waals surface area contributed by atoms with Crippen LogP contribution in [0.2, 0.25) is 0 Å². The van der Waals surface area contributed by atoms with Crippen LogP contribution in [-0.4, -0.2) is 38.9 Å². The molecule has 0 amide bonds. The van der Waals surface area contributed by atoms with E-state index in [0.29, 0.717) is 37.0 Å². The molecule has 1 aliphatic rings. The van der Waals surface area contributed by atoms with Gasteiger partial charge in [-0.1, -0.05) is 44.2 Å². The van der Waals surface area contributed by atoms with Crippen LogP contribution in [0, 0.1) is 13.8 Å². The molecular formula is C21H28N2O2S. The minimum atomic E-state index is -3.44. The number of piperazine rings is 1. The second-order valence-corrected chi connectivity index (χ2v) is 9.28. The molecule has 1 saturated heterocycles. The lowest BCUT2D eigenvalue weighted by molar-refractivity contribution is 0.384. The molecule has 0 bridgehead atoms. The summed E-state index contributed by atoms with van der Waals surface area (Å²) in [6, 6.07) is 14.1. The van der Waals surface area contributed by atoms with Gasteiger partial charge in [0.05, 0.1) is 4.90 Å². The number of anilines is 1. The topological polar surface area (TPSA) is 40.6 Å². The number of benzene rings is 2. The van der Waals surface area contributed by atoms with Crippen molar-refractivity contribution in [2.75, 3.05) is 31.1 Å². The first kappa shape index (κ1) is 18.9. The Morgan fingerprint density at radius 2 is 1.58 bits per heavy atom. The van der Waals surface area contributed by atoms with E-state index in [1.54, 1.807) is 10.4 Å². The highest BCUT2D eigenvalue weighted by molar-refractivity contribution is 7.89. The number of sulfonamides is 1. The van der Waals surface area contributed by atoms with Crippen molar-refractivity contribution in [3.05, 3.63) is 59.2 Å². The lowest BCUT2D eigenvalue weighted by Crippen LogP contribution is -2.49. The maximum absolute atomic E-state index is 13.1. The van der Waals surface area contributed by atoms with Gasteiger partial charge in [-0.25, -0.2) is 8.42 Å². The fraction of sp³-hybridized carbons (Fsp3) is 0.429. The van der Waals surface area contributed by atoms with Crippen LogP contribution in [-0.2, 0) is 10.0 Å². The van der Waals surface area contributed by atoms with E-state index in [9.17, 15) is 8.42 Å². The number of para-hydroxylation sites is 1. The highest BCUT2D eigenvalue weighted by Gasteiger charge is 2.30. The van der Waals surface area contributed by atoms with E-state index in [1.165, 1.54) is 11.3 Å². The maximum atomic E-state index is 13.1. The number of hydrogen-bond acceptors (Lipinski definition) is 3. The third-order valence-corrected chi connectivity index (χ3v) is 7.14. The molecule has 0 aromatic heterocycles. The zero-order valence-corrected chi connectivity index (χ0v) is 16.9. The third-order valence-electron chi connectivity index (χ3n) is 5.10. The third kappa shape index (κ3) is 3.64. The van der Waals surface area contributed by atoms with E-state index >= 15 is 0 Å². The second-order valence-electron chi connectivity index (χ2n) is 7.37. The van der Waals surface area contributed by atoms with Gasteiger partial charge in [0.15, 0.2) is 0 Å². The lowest BCUT2D eigenvalue weighted by Gasteiger charge is -2.37. The first-order chi connectivity index (χ1) is 12.3. The fourth-order valence-corrected chi connectivity index (χ4v) is 5.29. The monoisotopic (exact) mass is 372 g/mol. The molecule has 2 aromatic carbocycles. The van der Waals surface area contributed by atoms with Crippen LogP contribution in [0.15, 0.2) is 47.4 Å². The molecule has 5 heteroatoms. The van der Waals surface area contributed by atoms with Gasteiger partial charge in [-0.05, 0) is 48.6 Å². The largest absolute Gasteiger partial charge is 0.369 e. The van der Waals surface area contributed by atoms with E-state index in [-0.39, 0.29) is 0 Å². The van der Waals surface area contributed by atoms with Crippen molar-refractivity contribution in [2.45, 2.75) is 38.5 Å². The summed E-state index contributed by atoms with van der Waals surface area (Å²) < 4.78 is 27.8. The molecule has 3 rings (SSSR count). The fourth-order valence-electron chi connectivity index (χ4n) is 3.56. The Morgan fingerprint density at radius 3 is 2.23 bits per heavy atom. The molecule has 0 atom stereocenters. The molecule has 0 unspecified atom stereocenters. The van der Waals surface area contributed by atoms with Gasteiger partial charge in [0.2, 0.25) is 10.0 Å². The Morgan fingerprint density at radius 1 is 0.923 bits per heavy atom. The molecule has 1 fully saturated rings. The van der Waals surface area contributed by atoms with Crippen LogP contribution in [0.5, 0.6) is 0 Å². The van der Waals surface area contributed by atoms with Crippen LogP contribution in [0.3, 0.4) is 0 Å². The molecule has 2 aromatic rings. The normalized spacial score (nSPS) is 16.3. The number of nitrogens with zero attached hydrogens (tertiary/aromatic N) is 2. The summed E-state index contributed by atoms with van der Waals surface area (Å²) in [6.07, 6.45) is 0. The summed E-state index contributed by atoms with van der Waals surface area (Å²) in [6.45, 7) is 10.6. The molecule has 26 heavy (non-hydrogen) atoms. The predicted molar refractivity (Wildman–Crippen MR) is 107 cm³/mol. The van der Waals surface area contributed by atoms with Crippen molar-refractivity contribution in [1.29, 1.82) is 0 Å². The van der Waals surface area contributed by atoms with E-state index in [2.05, 4.69) is 43.0 Å².